The van der Waals surface area contributed by atoms with Crippen molar-refractivity contribution in [3.05, 3.63) is 23.8 Å². The summed E-state index contributed by atoms with van der Waals surface area (Å²) in [5, 5.41) is 4.64. The molecule has 8 heteroatoms. The van der Waals surface area contributed by atoms with Crippen LogP contribution in [0.2, 0.25) is 0 Å². The molecule has 0 radical (unpaired) electrons. The molecule has 1 aromatic rings. The first-order valence-electron chi connectivity index (χ1n) is 10.4. The number of hydrogen-bond donors (Lipinski definition) is 2. The van der Waals surface area contributed by atoms with Gasteiger partial charge in [0.25, 0.3) is 0 Å². The zero-order chi connectivity index (χ0) is 20.3. The molecule has 0 bridgehead atoms. The maximum absolute atomic E-state index is 13.1. The lowest BCUT2D eigenvalue weighted by molar-refractivity contribution is -0.153. The van der Waals surface area contributed by atoms with Crippen molar-refractivity contribution in [2.75, 3.05) is 29.4 Å². The number of nitrogens with one attached hydrogen (secondary N) is 2. The third kappa shape index (κ3) is 2.65. The predicted molar refractivity (Wildman–Crippen MR) is 107 cm³/mol. The summed E-state index contributed by atoms with van der Waals surface area (Å²) < 4.78 is 6.05. The Labute approximate surface area is 169 Å². The van der Waals surface area contributed by atoms with Crippen molar-refractivity contribution in [1.29, 1.82) is 0 Å². The van der Waals surface area contributed by atoms with Gasteiger partial charge in [-0.15, -0.1) is 0 Å². The molecule has 1 spiro atoms. The Kier molecular flexibility index (Phi) is 4.10. The monoisotopic (exact) mass is 398 g/mol. The lowest BCUT2D eigenvalue weighted by atomic mass is 9.66. The van der Waals surface area contributed by atoms with Crippen LogP contribution in [0, 0.1) is 5.41 Å². The third-order valence-corrected chi connectivity index (χ3v) is 6.77. The van der Waals surface area contributed by atoms with Gasteiger partial charge < -0.3 is 14.5 Å². The van der Waals surface area contributed by atoms with E-state index in [-0.39, 0.29) is 18.6 Å². The SMILES string of the molecule is C[C@@H]1CN2c3cc(N4CCCC4)ccc3CC3(C(=O)NC(=O)NC3=O)[C@H]2[C@H](C)O1. The van der Waals surface area contributed by atoms with Gasteiger partial charge in [-0.1, -0.05) is 6.07 Å². The van der Waals surface area contributed by atoms with Crippen LogP contribution in [0.25, 0.3) is 0 Å². The molecule has 0 saturated carbocycles. The van der Waals surface area contributed by atoms with E-state index in [9.17, 15) is 14.4 Å². The summed E-state index contributed by atoms with van der Waals surface area (Å²) in [6, 6.07) is 5.06. The minimum atomic E-state index is -1.39. The van der Waals surface area contributed by atoms with Crippen LogP contribution < -0.4 is 20.4 Å². The molecule has 0 unspecified atom stereocenters. The van der Waals surface area contributed by atoms with Gasteiger partial charge in [-0.2, -0.15) is 0 Å². The summed E-state index contributed by atoms with van der Waals surface area (Å²) in [5.74, 6) is -1.08. The van der Waals surface area contributed by atoms with Gasteiger partial charge >= 0.3 is 6.03 Å². The van der Waals surface area contributed by atoms with Crippen molar-refractivity contribution in [3.8, 4) is 0 Å². The summed E-state index contributed by atoms with van der Waals surface area (Å²) >= 11 is 0. The van der Waals surface area contributed by atoms with Crippen LogP contribution >= 0.6 is 0 Å². The number of nitrogens with zero attached hydrogens (tertiary/aromatic N) is 2. The molecule has 2 N–H and O–H groups in total. The second kappa shape index (κ2) is 6.45. The Hall–Kier alpha value is -2.61. The summed E-state index contributed by atoms with van der Waals surface area (Å²) in [6.07, 6.45) is 2.27. The molecule has 0 aromatic heterocycles. The fourth-order valence-electron chi connectivity index (χ4n) is 5.58. The quantitative estimate of drug-likeness (QED) is 0.691. The minimum absolute atomic E-state index is 0.0314. The van der Waals surface area contributed by atoms with Crippen LogP contribution in [-0.4, -0.2) is 55.7 Å². The number of anilines is 2. The van der Waals surface area contributed by atoms with Crippen molar-refractivity contribution < 1.29 is 19.1 Å². The third-order valence-electron chi connectivity index (χ3n) is 6.77. The van der Waals surface area contributed by atoms with E-state index >= 15 is 0 Å². The number of rotatable bonds is 1. The standard InChI is InChI=1S/C21H26N4O4/c1-12-11-25-16-9-15(24-7-3-4-8-24)6-5-14(16)10-21(17(25)13(2)29-12)18(26)22-20(28)23-19(21)27/h5-6,9,12-13,17H,3-4,7-8,10-11H2,1-2H3,(H2,22,23,26,27,28)/t12-,13+,17-/m1/s1. The molecule has 4 aliphatic rings. The van der Waals surface area contributed by atoms with Crippen LogP contribution in [0.1, 0.15) is 32.3 Å². The maximum Gasteiger partial charge on any atom is 0.328 e. The van der Waals surface area contributed by atoms with Crippen molar-refractivity contribution in [3.63, 3.8) is 0 Å². The number of barbiturate groups is 1. The Balaban J connectivity index is 1.64. The van der Waals surface area contributed by atoms with Gasteiger partial charge in [0.1, 0.15) is 0 Å². The van der Waals surface area contributed by atoms with E-state index in [0.29, 0.717) is 6.54 Å². The van der Waals surface area contributed by atoms with E-state index in [4.69, 9.17) is 4.74 Å². The molecule has 3 saturated heterocycles. The van der Waals surface area contributed by atoms with Gasteiger partial charge in [-0.3, -0.25) is 20.2 Å². The number of hydrogen-bond acceptors (Lipinski definition) is 6. The first kappa shape index (κ1) is 18.4. The Morgan fingerprint density at radius 1 is 1.07 bits per heavy atom. The van der Waals surface area contributed by atoms with E-state index in [0.717, 1.165) is 24.3 Å². The van der Waals surface area contributed by atoms with E-state index in [1.807, 2.05) is 19.9 Å². The van der Waals surface area contributed by atoms with Gasteiger partial charge in [0.2, 0.25) is 11.8 Å². The number of benzene rings is 1. The minimum Gasteiger partial charge on any atom is -0.372 e. The topological polar surface area (TPSA) is 91.0 Å². The largest absolute Gasteiger partial charge is 0.372 e. The van der Waals surface area contributed by atoms with E-state index < -0.39 is 29.3 Å². The molecule has 3 fully saturated rings. The molecule has 154 valence electrons. The summed E-state index contributed by atoms with van der Waals surface area (Å²) in [6.45, 7) is 6.59. The Bertz CT molecular complexity index is 875. The molecule has 1 aromatic carbocycles. The summed E-state index contributed by atoms with van der Waals surface area (Å²) in [7, 11) is 0. The highest BCUT2D eigenvalue weighted by atomic mass is 16.5. The molecular weight excluding hydrogens is 372 g/mol. The van der Waals surface area contributed by atoms with Gasteiger partial charge in [-0.25, -0.2) is 4.79 Å². The number of morpholine rings is 1. The zero-order valence-electron chi connectivity index (χ0n) is 16.7. The molecule has 0 aliphatic carbocycles. The Morgan fingerprint density at radius 2 is 1.76 bits per heavy atom. The average Bonchev–Trinajstić information content (AvgIpc) is 3.20. The molecule has 4 amide bonds. The fourth-order valence-corrected chi connectivity index (χ4v) is 5.58. The molecule has 5 rings (SSSR count). The normalized spacial score (nSPS) is 30.7. The van der Waals surface area contributed by atoms with E-state index in [1.54, 1.807) is 0 Å². The molecule has 4 aliphatic heterocycles. The number of carbonyl (C=O) groups is 3. The van der Waals surface area contributed by atoms with Crippen molar-refractivity contribution in [2.45, 2.75) is 51.4 Å². The molecule has 8 nitrogen and oxygen atoms in total. The Morgan fingerprint density at radius 3 is 2.45 bits per heavy atom. The number of imide groups is 2. The molecule has 29 heavy (non-hydrogen) atoms. The van der Waals surface area contributed by atoms with Crippen LogP contribution in [0.4, 0.5) is 16.2 Å². The molecular formula is C21H26N4O4. The summed E-state index contributed by atoms with van der Waals surface area (Å²) in [5.41, 5.74) is 1.79. The first-order valence-corrected chi connectivity index (χ1v) is 10.4. The van der Waals surface area contributed by atoms with Gasteiger partial charge in [0.15, 0.2) is 5.41 Å². The molecule has 3 atom stereocenters. The number of urea groups is 1. The zero-order valence-corrected chi connectivity index (χ0v) is 16.7. The van der Waals surface area contributed by atoms with Gasteiger partial charge in [0, 0.05) is 31.0 Å². The van der Waals surface area contributed by atoms with Crippen LogP contribution in [0.15, 0.2) is 18.2 Å². The highest BCUT2D eigenvalue weighted by Crippen LogP contribution is 2.47. The van der Waals surface area contributed by atoms with Crippen molar-refractivity contribution in [1.82, 2.24) is 10.6 Å². The van der Waals surface area contributed by atoms with Crippen molar-refractivity contribution >= 4 is 29.2 Å². The maximum atomic E-state index is 13.1. The number of carbonyl (C=O) groups excluding carboxylic acids is 3. The highest BCUT2D eigenvalue weighted by Gasteiger charge is 2.62. The number of fused-ring (bicyclic) bond motifs is 4. The van der Waals surface area contributed by atoms with Crippen molar-refractivity contribution in [2.24, 2.45) is 5.41 Å². The van der Waals surface area contributed by atoms with Crippen LogP contribution in [0.5, 0.6) is 0 Å². The second-order valence-electron chi connectivity index (χ2n) is 8.64. The fraction of sp³-hybridized carbons (Fsp3) is 0.571. The predicted octanol–water partition coefficient (Wildman–Crippen LogP) is 1.18. The summed E-state index contributed by atoms with van der Waals surface area (Å²) in [4.78, 5) is 42.4. The van der Waals surface area contributed by atoms with Crippen LogP contribution in [0.3, 0.4) is 0 Å². The highest BCUT2D eigenvalue weighted by molar-refractivity contribution is 6.20. The number of amides is 4. The first-order chi connectivity index (χ1) is 13.9. The number of ether oxygens (including phenoxy) is 1. The smallest absolute Gasteiger partial charge is 0.328 e. The lowest BCUT2D eigenvalue weighted by Crippen LogP contribution is -2.75. The van der Waals surface area contributed by atoms with Gasteiger partial charge in [-0.05, 0) is 50.8 Å². The lowest BCUT2D eigenvalue weighted by Gasteiger charge is -2.55. The van der Waals surface area contributed by atoms with Crippen LogP contribution in [-0.2, 0) is 20.7 Å². The second-order valence-corrected chi connectivity index (χ2v) is 8.64. The average molecular weight is 398 g/mol. The van der Waals surface area contributed by atoms with E-state index in [1.165, 1.54) is 18.5 Å². The van der Waals surface area contributed by atoms with Gasteiger partial charge in [0.05, 0.1) is 18.2 Å². The molecule has 4 heterocycles. The van der Waals surface area contributed by atoms with E-state index in [2.05, 4.69) is 32.6 Å².